The zero-order chi connectivity index (χ0) is 15.5. The molecular weight excluding hydrogens is 278 g/mol. The maximum absolute atomic E-state index is 5.68. The van der Waals surface area contributed by atoms with E-state index in [0.29, 0.717) is 5.95 Å². The Morgan fingerprint density at radius 1 is 0.955 bits per heavy atom. The summed E-state index contributed by atoms with van der Waals surface area (Å²) >= 11 is 0. The second-order valence-corrected chi connectivity index (χ2v) is 4.89. The van der Waals surface area contributed by atoms with Gasteiger partial charge in [0.05, 0.1) is 5.69 Å². The third-order valence-corrected chi connectivity index (χ3v) is 3.17. The lowest BCUT2D eigenvalue weighted by atomic mass is 10.2. The predicted molar refractivity (Wildman–Crippen MR) is 85.2 cm³/mol. The van der Waals surface area contributed by atoms with Crippen LogP contribution in [0.25, 0.3) is 17.3 Å². The maximum Gasteiger partial charge on any atom is 0.242 e. The van der Waals surface area contributed by atoms with Gasteiger partial charge in [-0.15, -0.1) is 0 Å². The van der Waals surface area contributed by atoms with E-state index in [1.807, 2.05) is 36.5 Å². The molecule has 0 aliphatic heterocycles. The smallest absolute Gasteiger partial charge is 0.242 e. The van der Waals surface area contributed by atoms with Gasteiger partial charge in [0.1, 0.15) is 5.82 Å². The Morgan fingerprint density at radius 3 is 2.27 bits per heavy atom. The van der Waals surface area contributed by atoms with Crippen LogP contribution in [0.5, 0.6) is 0 Å². The minimum atomic E-state index is 0.0900. The molecule has 3 aromatic rings. The van der Waals surface area contributed by atoms with Crippen LogP contribution in [0, 0.1) is 0 Å². The van der Waals surface area contributed by atoms with Crippen LogP contribution in [0.2, 0.25) is 0 Å². The Labute approximate surface area is 128 Å². The average molecular weight is 295 g/mol. The molecule has 0 spiro atoms. The Hall–Kier alpha value is -2.96. The Balaban J connectivity index is 2.17. The van der Waals surface area contributed by atoms with Gasteiger partial charge in [0.2, 0.25) is 17.8 Å². The summed E-state index contributed by atoms with van der Waals surface area (Å²) in [5.41, 5.74) is 13.3. The van der Waals surface area contributed by atoms with Crippen molar-refractivity contribution in [2.75, 3.05) is 11.5 Å². The Morgan fingerprint density at radius 2 is 1.64 bits per heavy atom. The van der Waals surface area contributed by atoms with E-state index < -0.39 is 0 Å². The zero-order valence-electron chi connectivity index (χ0n) is 12.3. The molecular formula is C15H17N7. The highest BCUT2D eigenvalue weighted by molar-refractivity contribution is 5.58. The molecule has 0 aliphatic rings. The summed E-state index contributed by atoms with van der Waals surface area (Å²) in [6.07, 6.45) is 3.80. The van der Waals surface area contributed by atoms with Crippen molar-refractivity contribution in [3.8, 4) is 17.3 Å². The normalized spacial score (nSPS) is 10.8. The number of rotatable bonds is 4. The summed E-state index contributed by atoms with van der Waals surface area (Å²) < 4.78 is 1.80. The molecule has 0 amide bonds. The van der Waals surface area contributed by atoms with Crippen LogP contribution >= 0.6 is 0 Å². The van der Waals surface area contributed by atoms with Crippen LogP contribution in [0.1, 0.15) is 19.0 Å². The van der Waals surface area contributed by atoms with Gasteiger partial charge in [-0.05, 0) is 6.42 Å². The average Bonchev–Trinajstić information content (AvgIpc) is 2.92. The number of nitrogens with two attached hydrogens (primary N) is 2. The molecule has 0 saturated carbocycles. The summed E-state index contributed by atoms with van der Waals surface area (Å²) in [5.74, 6) is 1.31. The van der Waals surface area contributed by atoms with Gasteiger partial charge in [0.15, 0.2) is 0 Å². The molecule has 7 heteroatoms. The topological polar surface area (TPSA) is 109 Å². The van der Waals surface area contributed by atoms with Crippen LogP contribution in [0.15, 0.2) is 36.5 Å². The van der Waals surface area contributed by atoms with E-state index in [1.54, 1.807) is 4.57 Å². The number of nitrogen functional groups attached to an aromatic ring is 2. The van der Waals surface area contributed by atoms with E-state index in [2.05, 4.69) is 26.9 Å². The minimum absolute atomic E-state index is 0.0900. The highest BCUT2D eigenvalue weighted by Crippen LogP contribution is 2.22. The van der Waals surface area contributed by atoms with Gasteiger partial charge < -0.3 is 11.5 Å². The predicted octanol–water partition coefficient (Wildman–Crippen LogP) is 1.84. The standard InChI is InChI=1S/C15H17N7/c1-2-6-11-9-22(15-20-13(16)19-14(17)21-15)12(18-11)10-7-4-3-5-8-10/h3-5,7-9H,2,6H2,1H3,(H4,16,17,19,20,21). The van der Waals surface area contributed by atoms with Gasteiger partial charge in [-0.1, -0.05) is 43.7 Å². The Bertz CT molecular complexity index is 760. The molecule has 0 bridgehead atoms. The number of aryl methyl sites for hydroxylation is 1. The largest absolute Gasteiger partial charge is 0.368 e. The quantitative estimate of drug-likeness (QED) is 0.760. The zero-order valence-corrected chi connectivity index (χ0v) is 12.3. The molecule has 0 aliphatic carbocycles. The van der Waals surface area contributed by atoms with Crippen LogP contribution < -0.4 is 11.5 Å². The van der Waals surface area contributed by atoms with Crippen molar-refractivity contribution in [3.63, 3.8) is 0 Å². The first-order valence-electron chi connectivity index (χ1n) is 7.08. The first-order valence-corrected chi connectivity index (χ1v) is 7.08. The number of hydrogen-bond donors (Lipinski definition) is 2. The van der Waals surface area contributed by atoms with Crippen molar-refractivity contribution in [3.05, 3.63) is 42.2 Å². The van der Waals surface area contributed by atoms with Crippen molar-refractivity contribution >= 4 is 11.9 Å². The third-order valence-electron chi connectivity index (χ3n) is 3.17. The van der Waals surface area contributed by atoms with E-state index in [-0.39, 0.29) is 11.9 Å². The number of imidazole rings is 1. The molecule has 4 N–H and O–H groups in total. The number of anilines is 2. The van der Waals surface area contributed by atoms with Gasteiger partial charge >= 0.3 is 0 Å². The molecule has 7 nitrogen and oxygen atoms in total. The SMILES string of the molecule is CCCc1cn(-c2nc(N)nc(N)n2)c(-c2ccccc2)n1. The number of benzene rings is 1. The van der Waals surface area contributed by atoms with Gasteiger partial charge in [0, 0.05) is 11.8 Å². The van der Waals surface area contributed by atoms with E-state index >= 15 is 0 Å². The van der Waals surface area contributed by atoms with Gasteiger partial charge in [-0.2, -0.15) is 15.0 Å². The van der Waals surface area contributed by atoms with Crippen molar-refractivity contribution in [1.82, 2.24) is 24.5 Å². The lowest BCUT2D eigenvalue weighted by Crippen LogP contribution is -2.09. The molecule has 0 radical (unpaired) electrons. The van der Waals surface area contributed by atoms with Crippen LogP contribution in [-0.4, -0.2) is 24.5 Å². The van der Waals surface area contributed by atoms with Crippen LogP contribution in [0.3, 0.4) is 0 Å². The summed E-state index contributed by atoms with van der Waals surface area (Å²) in [6, 6.07) is 9.86. The Kier molecular flexibility index (Phi) is 3.69. The van der Waals surface area contributed by atoms with E-state index in [4.69, 9.17) is 11.5 Å². The number of nitrogens with zero attached hydrogens (tertiary/aromatic N) is 5. The second-order valence-electron chi connectivity index (χ2n) is 4.89. The molecule has 0 fully saturated rings. The summed E-state index contributed by atoms with van der Waals surface area (Å²) in [5, 5.41) is 0. The number of aromatic nitrogens is 5. The summed E-state index contributed by atoms with van der Waals surface area (Å²) in [7, 11) is 0. The molecule has 1 aromatic carbocycles. The molecule has 0 unspecified atom stereocenters. The van der Waals surface area contributed by atoms with Crippen molar-refractivity contribution in [2.24, 2.45) is 0 Å². The molecule has 2 aromatic heterocycles. The molecule has 22 heavy (non-hydrogen) atoms. The van der Waals surface area contributed by atoms with Gasteiger partial charge in [0.25, 0.3) is 0 Å². The van der Waals surface area contributed by atoms with Crippen LogP contribution in [0.4, 0.5) is 11.9 Å². The maximum atomic E-state index is 5.68. The highest BCUT2D eigenvalue weighted by Gasteiger charge is 2.14. The molecule has 112 valence electrons. The van der Waals surface area contributed by atoms with E-state index in [0.717, 1.165) is 29.9 Å². The van der Waals surface area contributed by atoms with Crippen molar-refractivity contribution in [1.29, 1.82) is 0 Å². The minimum Gasteiger partial charge on any atom is -0.368 e. The van der Waals surface area contributed by atoms with Gasteiger partial charge in [-0.3, -0.25) is 4.57 Å². The van der Waals surface area contributed by atoms with Gasteiger partial charge in [-0.25, -0.2) is 4.98 Å². The lowest BCUT2D eigenvalue weighted by molar-refractivity contribution is 0.886. The monoisotopic (exact) mass is 295 g/mol. The molecule has 0 atom stereocenters. The highest BCUT2D eigenvalue weighted by atomic mass is 15.3. The second kappa shape index (κ2) is 5.80. The molecule has 3 rings (SSSR count). The number of hydrogen-bond acceptors (Lipinski definition) is 6. The van der Waals surface area contributed by atoms with Crippen molar-refractivity contribution < 1.29 is 0 Å². The first kappa shape index (κ1) is 14.0. The summed E-state index contributed by atoms with van der Waals surface area (Å²) in [6.45, 7) is 2.11. The van der Waals surface area contributed by atoms with Crippen LogP contribution in [-0.2, 0) is 6.42 Å². The van der Waals surface area contributed by atoms with Crippen molar-refractivity contribution in [2.45, 2.75) is 19.8 Å². The van der Waals surface area contributed by atoms with E-state index in [1.165, 1.54) is 0 Å². The lowest BCUT2D eigenvalue weighted by Gasteiger charge is -2.06. The first-order chi connectivity index (χ1) is 10.7. The fourth-order valence-electron chi connectivity index (χ4n) is 2.25. The third kappa shape index (κ3) is 2.73. The fourth-order valence-corrected chi connectivity index (χ4v) is 2.25. The fraction of sp³-hybridized carbons (Fsp3) is 0.200. The van der Waals surface area contributed by atoms with E-state index in [9.17, 15) is 0 Å². The molecule has 2 heterocycles. The summed E-state index contributed by atoms with van der Waals surface area (Å²) in [4.78, 5) is 16.8. The molecule has 0 saturated heterocycles.